The van der Waals surface area contributed by atoms with Crippen LogP contribution in [0, 0.1) is 0 Å². The minimum Gasteiger partial charge on any atom is -0.462 e. The highest BCUT2D eigenvalue weighted by Gasteiger charge is 2.19. The summed E-state index contributed by atoms with van der Waals surface area (Å²) in [6.45, 7) is 6.22. The third-order valence-electron chi connectivity index (χ3n) is 10.00. The summed E-state index contributed by atoms with van der Waals surface area (Å²) in [5.74, 6) is -1.02. The Balaban J connectivity index is 4.54. The lowest BCUT2D eigenvalue weighted by Crippen LogP contribution is -2.30. The Morgan fingerprint density at radius 1 is 0.338 bits per heavy atom. The standard InChI is InChI=1S/C59H90O6/c1-4-7-10-13-16-19-22-24-26-28-29-31-32-34-37-40-43-46-49-52-58(61)64-55-56(54-63-57(60)51-48-45-42-39-36-21-18-15-12-9-6-3)65-59(62)53-50-47-44-41-38-35-33-30-27-25-23-20-17-14-11-8-5-2/h7-8,10-11,14-21,23-27,29-31,33,35-36,38,56H,4-6,9,12-13,22,28,32,34,37,39-55H2,1-3H3/b10-7-,11-8-,17-14-,18-15-,19-16-,23-20-,26-24-,27-25-,31-29-,33-30+,36-21-,38-35-. The first-order chi connectivity index (χ1) is 32.0. The molecule has 0 aliphatic rings. The van der Waals surface area contributed by atoms with Gasteiger partial charge in [0, 0.05) is 19.3 Å². The first-order valence-corrected chi connectivity index (χ1v) is 25.4. The maximum Gasteiger partial charge on any atom is 0.306 e. The third kappa shape index (κ3) is 50.2. The fourth-order valence-corrected chi connectivity index (χ4v) is 6.20. The molecule has 0 rings (SSSR count). The molecule has 0 aliphatic carbocycles. The van der Waals surface area contributed by atoms with Crippen molar-refractivity contribution < 1.29 is 28.6 Å². The number of carbonyl (C=O) groups excluding carboxylic acids is 3. The first kappa shape index (κ1) is 60.3. The second-order valence-electron chi connectivity index (χ2n) is 16.1. The molecule has 0 saturated heterocycles. The van der Waals surface area contributed by atoms with Crippen molar-refractivity contribution in [3.8, 4) is 0 Å². The summed E-state index contributed by atoms with van der Waals surface area (Å²) in [6, 6.07) is 0. The highest BCUT2D eigenvalue weighted by atomic mass is 16.6. The van der Waals surface area contributed by atoms with E-state index in [-0.39, 0.29) is 37.5 Å². The normalized spacial score (nSPS) is 13.3. The molecule has 1 atom stereocenters. The molecule has 0 N–H and O–H groups in total. The van der Waals surface area contributed by atoms with Gasteiger partial charge in [-0.2, -0.15) is 0 Å². The average Bonchev–Trinajstić information content (AvgIpc) is 3.30. The Labute approximate surface area is 397 Å². The lowest BCUT2D eigenvalue weighted by molar-refractivity contribution is -0.167. The highest BCUT2D eigenvalue weighted by Crippen LogP contribution is 2.12. The first-order valence-electron chi connectivity index (χ1n) is 25.4. The van der Waals surface area contributed by atoms with E-state index in [4.69, 9.17) is 14.2 Å². The maximum atomic E-state index is 12.8. The van der Waals surface area contributed by atoms with Crippen LogP contribution in [0.2, 0.25) is 0 Å². The predicted octanol–water partition coefficient (Wildman–Crippen LogP) is 16.9. The quantitative estimate of drug-likeness (QED) is 0.0199. The van der Waals surface area contributed by atoms with Gasteiger partial charge < -0.3 is 14.2 Å². The molecule has 0 aromatic heterocycles. The summed E-state index contributed by atoms with van der Waals surface area (Å²) < 4.78 is 16.7. The molecule has 6 heteroatoms. The minimum absolute atomic E-state index is 0.119. The second kappa shape index (κ2) is 51.9. The summed E-state index contributed by atoms with van der Waals surface area (Å²) in [4.78, 5) is 37.9. The van der Waals surface area contributed by atoms with Crippen LogP contribution < -0.4 is 0 Å². The molecule has 65 heavy (non-hydrogen) atoms. The van der Waals surface area contributed by atoms with Crippen molar-refractivity contribution in [3.63, 3.8) is 0 Å². The average molecular weight is 895 g/mol. The third-order valence-corrected chi connectivity index (χ3v) is 10.00. The summed E-state index contributed by atoms with van der Waals surface area (Å²) >= 11 is 0. The van der Waals surface area contributed by atoms with Gasteiger partial charge in [-0.15, -0.1) is 0 Å². The van der Waals surface area contributed by atoms with Crippen LogP contribution in [0.5, 0.6) is 0 Å². The van der Waals surface area contributed by atoms with E-state index >= 15 is 0 Å². The van der Waals surface area contributed by atoms with Gasteiger partial charge in [-0.25, -0.2) is 0 Å². The zero-order chi connectivity index (χ0) is 47.2. The molecule has 0 aliphatic heterocycles. The molecule has 1 unspecified atom stereocenters. The van der Waals surface area contributed by atoms with E-state index in [0.29, 0.717) is 19.3 Å². The number of unbranched alkanes of at least 4 members (excludes halogenated alkanes) is 14. The molecule has 0 aromatic carbocycles. The minimum atomic E-state index is -0.824. The van der Waals surface area contributed by atoms with Crippen molar-refractivity contribution in [3.05, 3.63) is 146 Å². The van der Waals surface area contributed by atoms with E-state index in [9.17, 15) is 14.4 Å². The summed E-state index contributed by atoms with van der Waals surface area (Å²) in [5, 5.41) is 0. The lowest BCUT2D eigenvalue weighted by atomic mass is 10.1. The van der Waals surface area contributed by atoms with E-state index in [2.05, 4.69) is 106 Å². The molecule has 0 spiro atoms. The van der Waals surface area contributed by atoms with Crippen LogP contribution in [-0.4, -0.2) is 37.2 Å². The molecule has 0 bridgehead atoms. The van der Waals surface area contributed by atoms with E-state index in [1.165, 1.54) is 25.7 Å². The van der Waals surface area contributed by atoms with Crippen LogP contribution in [0.15, 0.2) is 146 Å². The van der Waals surface area contributed by atoms with E-state index < -0.39 is 6.10 Å². The number of hydrogen-bond acceptors (Lipinski definition) is 6. The zero-order valence-electron chi connectivity index (χ0n) is 41.2. The fraction of sp³-hybridized carbons (Fsp3) is 0.542. The Morgan fingerprint density at radius 2 is 0.677 bits per heavy atom. The monoisotopic (exact) mass is 895 g/mol. The highest BCUT2D eigenvalue weighted by molar-refractivity contribution is 5.71. The van der Waals surface area contributed by atoms with Crippen molar-refractivity contribution in [2.24, 2.45) is 0 Å². The van der Waals surface area contributed by atoms with Gasteiger partial charge in [0.05, 0.1) is 0 Å². The second-order valence-corrected chi connectivity index (χ2v) is 16.1. The Bertz CT molecular complexity index is 1490. The van der Waals surface area contributed by atoms with Gasteiger partial charge >= 0.3 is 17.9 Å². The topological polar surface area (TPSA) is 78.9 Å². The number of ether oxygens (including phenoxy) is 3. The predicted molar refractivity (Wildman–Crippen MR) is 279 cm³/mol. The van der Waals surface area contributed by atoms with Crippen LogP contribution in [0.1, 0.15) is 188 Å². The van der Waals surface area contributed by atoms with Gasteiger partial charge in [0.1, 0.15) is 13.2 Å². The van der Waals surface area contributed by atoms with Gasteiger partial charge in [0.25, 0.3) is 0 Å². The number of esters is 3. The van der Waals surface area contributed by atoms with Crippen molar-refractivity contribution in [1.82, 2.24) is 0 Å². The van der Waals surface area contributed by atoms with Crippen LogP contribution in [0.4, 0.5) is 0 Å². The van der Waals surface area contributed by atoms with E-state index in [1.807, 2.05) is 60.8 Å². The molecular formula is C59H90O6. The number of allylic oxidation sites excluding steroid dienone is 24. The maximum absolute atomic E-state index is 12.8. The van der Waals surface area contributed by atoms with Crippen LogP contribution in [0.25, 0.3) is 0 Å². The Kier molecular flexibility index (Phi) is 48.2. The number of carbonyl (C=O) groups is 3. The molecule has 6 nitrogen and oxygen atoms in total. The van der Waals surface area contributed by atoms with Crippen molar-refractivity contribution in [1.29, 1.82) is 0 Å². The molecule has 0 saturated carbocycles. The molecule has 0 aromatic rings. The van der Waals surface area contributed by atoms with Crippen molar-refractivity contribution in [2.45, 2.75) is 194 Å². The molecule has 0 heterocycles. The molecular weight excluding hydrogens is 805 g/mol. The fourth-order valence-electron chi connectivity index (χ4n) is 6.20. The molecule has 0 radical (unpaired) electrons. The molecule has 0 fully saturated rings. The lowest BCUT2D eigenvalue weighted by Gasteiger charge is -2.18. The number of hydrogen-bond donors (Lipinski definition) is 0. The van der Waals surface area contributed by atoms with Gasteiger partial charge in [0.15, 0.2) is 6.10 Å². The molecule has 0 amide bonds. The summed E-state index contributed by atoms with van der Waals surface area (Å²) in [7, 11) is 0. The SMILES string of the molecule is CC\C=C/C=C\C=C/C=C\C=C\C=C/CCCCCC(=O)OC(COC(=O)CCCCC/C=C\C=C/CCCC)COC(=O)CCCCCCCC/C=C\C/C=C\C/C=C\C/C=C\CC. The Hall–Kier alpha value is -4.71. The Morgan fingerprint density at radius 3 is 1.15 bits per heavy atom. The van der Waals surface area contributed by atoms with E-state index in [0.717, 1.165) is 116 Å². The van der Waals surface area contributed by atoms with Gasteiger partial charge in [-0.1, -0.05) is 218 Å². The van der Waals surface area contributed by atoms with E-state index in [1.54, 1.807) is 0 Å². The zero-order valence-corrected chi connectivity index (χ0v) is 41.2. The van der Waals surface area contributed by atoms with Crippen LogP contribution >= 0.6 is 0 Å². The largest absolute Gasteiger partial charge is 0.462 e. The van der Waals surface area contributed by atoms with Crippen LogP contribution in [-0.2, 0) is 28.6 Å². The van der Waals surface area contributed by atoms with Crippen molar-refractivity contribution >= 4 is 17.9 Å². The van der Waals surface area contributed by atoms with Gasteiger partial charge in [-0.05, 0) is 96.3 Å². The van der Waals surface area contributed by atoms with Gasteiger partial charge in [0.2, 0.25) is 0 Å². The van der Waals surface area contributed by atoms with Crippen molar-refractivity contribution in [2.75, 3.05) is 13.2 Å². The van der Waals surface area contributed by atoms with Gasteiger partial charge in [-0.3, -0.25) is 14.4 Å². The number of rotatable bonds is 43. The smallest absolute Gasteiger partial charge is 0.306 e. The van der Waals surface area contributed by atoms with Crippen LogP contribution in [0.3, 0.4) is 0 Å². The summed E-state index contributed by atoms with van der Waals surface area (Å²) in [6.07, 6.45) is 74.0. The molecule has 362 valence electrons. The summed E-state index contributed by atoms with van der Waals surface area (Å²) in [5.41, 5.74) is 0.